The van der Waals surface area contributed by atoms with E-state index in [-0.39, 0.29) is 18.4 Å². The van der Waals surface area contributed by atoms with Crippen LogP contribution in [-0.4, -0.2) is 49.2 Å². The molecular formula is C15H21NO5. The van der Waals surface area contributed by atoms with E-state index < -0.39 is 5.97 Å². The molecule has 0 aliphatic carbocycles. The minimum absolute atomic E-state index is 0.164. The summed E-state index contributed by atoms with van der Waals surface area (Å²) in [4.78, 5) is 24.8. The van der Waals surface area contributed by atoms with Gasteiger partial charge in [-0.05, 0) is 18.1 Å². The molecule has 0 heterocycles. The molecule has 0 saturated heterocycles. The third kappa shape index (κ3) is 4.66. The van der Waals surface area contributed by atoms with E-state index in [4.69, 9.17) is 14.6 Å². The molecule has 116 valence electrons. The summed E-state index contributed by atoms with van der Waals surface area (Å²) >= 11 is 0. The van der Waals surface area contributed by atoms with Gasteiger partial charge in [-0.1, -0.05) is 13.8 Å². The Balaban J connectivity index is 3.10. The number of amides is 1. The SMILES string of the molecule is COc1ccc(C(=O)N(CC(=O)O)CC(C)C)c(OC)c1. The monoisotopic (exact) mass is 295 g/mol. The van der Waals surface area contributed by atoms with Crippen molar-refractivity contribution in [3.63, 3.8) is 0 Å². The number of benzene rings is 1. The smallest absolute Gasteiger partial charge is 0.323 e. The van der Waals surface area contributed by atoms with Crippen LogP contribution in [0.1, 0.15) is 24.2 Å². The van der Waals surface area contributed by atoms with E-state index in [1.165, 1.54) is 19.1 Å². The van der Waals surface area contributed by atoms with E-state index in [0.717, 1.165) is 0 Å². The summed E-state index contributed by atoms with van der Waals surface area (Å²) in [5.41, 5.74) is 0.320. The molecule has 6 heteroatoms. The number of rotatable bonds is 7. The zero-order valence-corrected chi connectivity index (χ0v) is 12.8. The van der Waals surface area contributed by atoms with E-state index in [1.807, 2.05) is 13.8 Å². The van der Waals surface area contributed by atoms with Crippen LogP contribution in [0.2, 0.25) is 0 Å². The Morgan fingerprint density at radius 1 is 1.24 bits per heavy atom. The van der Waals surface area contributed by atoms with Crippen LogP contribution in [0, 0.1) is 5.92 Å². The molecule has 0 unspecified atom stereocenters. The molecule has 0 bridgehead atoms. The Bertz CT molecular complexity index is 513. The zero-order chi connectivity index (χ0) is 16.0. The second-order valence-corrected chi connectivity index (χ2v) is 5.04. The molecule has 0 radical (unpaired) electrons. The Morgan fingerprint density at radius 2 is 1.90 bits per heavy atom. The first kappa shape index (κ1) is 16.8. The number of carboxylic acid groups (broad SMARTS) is 1. The molecule has 1 aromatic rings. The number of ether oxygens (including phenoxy) is 2. The van der Waals surface area contributed by atoms with Crippen molar-refractivity contribution in [1.82, 2.24) is 4.90 Å². The van der Waals surface area contributed by atoms with E-state index in [1.54, 1.807) is 18.2 Å². The number of carboxylic acids is 1. The number of nitrogens with zero attached hydrogens (tertiary/aromatic N) is 1. The van der Waals surface area contributed by atoms with Gasteiger partial charge in [0.15, 0.2) is 0 Å². The molecule has 1 rings (SSSR count). The quantitative estimate of drug-likeness (QED) is 0.831. The molecule has 0 fully saturated rings. The van der Waals surface area contributed by atoms with Gasteiger partial charge in [-0.15, -0.1) is 0 Å². The van der Waals surface area contributed by atoms with Gasteiger partial charge in [-0.25, -0.2) is 0 Å². The number of carbonyl (C=O) groups excluding carboxylic acids is 1. The van der Waals surface area contributed by atoms with Crippen molar-refractivity contribution >= 4 is 11.9 Å². The van der Waals surface area contributed by atoms with Crippen LogP contribution in [0.5, 0.6) is 11.5 Å². The van der Waals surface area contributed by atoms with Crippen molar-refractivity contribution in [2.75, 3.05) is 27.3 Å². The lowest BCUT2D eigenvalue weighted by molar-refractivity contribution is -0.137. The van der Waals surface area contributed by atoms with Gasteiger partial charge in [0, 0.05) is 12.6 Å². The van der Waals surface area contributed by atoms with E-state index in [0.29, 0.717) is 23.6 Å². The standard InChI is InChI=1S/C15H21NO5/c1-10(2)8-16(9-14(17)18)15(19)12-6-5-11(20-3)7-13(12)21-4/h5-7,10H,8-9H2,1-4H3,(H,17,18). The van der Waals surface area contributed by atoms with E-state index >= 15 is 0 Å². The summed E-state index contributed by atoms with van der Waals surface area (Å²) < 4.78 is 10.3. The van der Waals surface area contributed by atoms with Crippen molar-refractivity contribution in [1.29, 1.82) is 0 Å². The van der Waals surface area contributed by atoms with Crippen LogP contribution in [0.15, 0.2) is 18.2 Å². The molecule has 0 aliphatic rings. The fraction of sp³-hybridized carbons (Fsp3) is 0.467. The minimum Gasteiger partial charge on any atom is -0.497 e. The van der Waals surface area contributed by atoms with Crippen molar-refractivity contribution in [3.05, 3.63) is 23.8 Å². The van der Waals surface area contributed by atoms with Gasteiger partial charge >= 0.3 is 5.97 Å². The zero-order valence-electron chi connectivity index (χ0n) is 12.8. The summed E-state index contributed by atoms with van der Waals surface area (Å²) in [5, 5.41) is 8.96. The molecule has 0 spiro atoms. The largest absolute Gasteiger partial charge is 0.497 e. The average molecular weight is 295 g/mol. The highest BCUT2D eigenvalue weighted by atomic mass is 16.5. The fourth-order valence-corrected chi connectivity index (χ4v) is 1.97. The van der Waals surface area contributed by atoms with Gasteiger partial charge in [0.1, 0.15) is 18.0 Å². The predicted octanol–water partition coefficient (Wildman–Crippen LogP) is 1.89. The third-order valence-corrected chi connectivity index (χ3v) is 2.84. The summed E-state index contributed by atoms with van der Waals surface area (Å²) in [6.07, 6.45) is 0. The second kappa shape index (κ2) is 7.52. The first-order valence-corrected chi connectivity index (χ1v) is 6.62. The third-order valence-electron chi connectivity index (χ3n) is 2.84. The second-order valence-electron chi connectivity index (χ2n) is 5.04. The lowest BCUT2D eigenvalue weighted by Crippen LogP contribution is -2.38. The summed E-state index contributed by atoms with van der Waals surface area (Å²) in [5.74, 6) is -0.324. The molecule has 0 atom stereocenters. The fourth-order valence-electron chi connectivity index (χ4n) is 1.97. The van der Waals surface area contributed by atoms with Gasteiger partial charge in [0.25, 0.3) is 5.91 Å². The highest BCUT2D eigenvalue weighted by Gasteiger charge is 2.22. The summed E-state index contributed by atoms with van der Waals surface area (Å²) in [7, 11) is 2.97. The lowest BCUT2D eigenvalue weighted by Gasteiger charge is -2.23. The summed E-state index contributed by atoms with van der Waals surface area (Å²) in [6.45, 7) is 3.87. The Labute approximate surface area is 124 Å². The van der Waals surface area contributed by atoms with Crippen LogP contribution < -0.4 is 9.47 Å². The van der Waals surface area contributed by atoms with Gasteiger partial charge in [-0.2, -0.15) is 0 Å². The van der Waals surface area contributed by atoms with E-state index in [9.17, 15) is 9.59 Å². The molecule has 6 nitrogen and oxygen atoms in total. The van der Waals surface area contributed by atoms with Gasteiger partial charge < -0.3 is 19.5 Å². The van der Waals surface area contributed by atoms with Crippen molar-refractivity contribution in [2.45, 2.75) is 13.8 Å². The average Bonchev–Trinajstić information content (AvgIpc) is 2.44. The molecule has 0 aliphatic heterocycles. The van der Waals surface area contributed by atoms with Crippen LogP contribution in [0.4, 0.5) is 0 Å². The first-order valence-electron chi connectivity index (χ1n) is 6.62. The van der Waals surface area contributed by atoms with Crippen molar-refractivity contribution in [3.8, 4) is 11.5 Å². The summed E-state index contributed by atoms with van der Waals surface area (Å²) in [6, 6.07) is 4.82. The molecule has 0 saturated carbocycles. The first-order chi connectivity index (χ1) is 9.88. The maximum absolute atomic E-state index is 12.5. The number of methoxy groups -OCH3 is 2. The minimum atomic E-state index is -1.04. The molecule has 0 aromatic heterocycles. The molecule has 1 N–H and O–H groups in total. The number of carbonyl (C=O) groups is 2. The molecule has 21 heavy (non-hydrogen) atoms. The highest BCUT2D eigenvalue weighted by molar-refractivity contribution is 5.98. The Hall–Kier alpha value is -2.24. The highest BCUT2D eigenvalue weighted by Crippen LogP contribution is 2.26. The lowest BCUT2D eigenvalue weighted by atomic mass is 10.1. The topological polar surface area (TPSA) is 76.1 Å². The van der Waals surface area contributed by atoms with Crippen LogP contribution in [-0.2, 0) is 4.79 Å². The van der Waals surface area contributed by atoms with Crippen LogP contribution in [0.3, 0.4) is 0 Å². The Kier molecular flexibility index (Phi) is 6.02. The van der Waals surface area contributed by atoms with Crippen LogP contribution in [0.25, 0.3) is 0 Å². The van der Waals surface area contributed by atoms with E-state index in [2.05, 4.69) is 0 Å². The van der Waals surface area contributed by atoms with Crippen molar-refractivity contribution in [2.24, 2.45) is 5.92 Å². The maximum Gasteiger partial charge on any atom is 0.323 e. The Morgan fingerprint density at radius 3 is 2.38 bits per heavy atom. The van der Waals surface area contributed by atoms with Gasteiger partial charge in [-0.3, -0.25) is 9.59 Å². The predicted molar refractivity (Wildman–Crippen MR) is 77.9 cm³/mol. The van der Waals surface area contributed by atoms with Gasteiger partial charge in [0.2, 0.25) is 0 Å². The van der Waals surface area contributed by atoms with Crippen LogP contribution >= 0.6 is 0 Å². The molecular weight excluding hydrogens is 274 g/mol. The maximum atomic E-state index is 12.5. The number of hydrogen-bond donors (Lipinski definition) is 1. The molecule has 1 aromatic carbocycles. The number of aliphatic carboxylic acids is 1. The van der Waals surface area contributed by atoms with Gasteiger partial charge in [0.05, 0.1) is 19.8 Å². The van der Waals surface area contributed by atoms with Crippen molar-refractivity contribution < 1.29 is 24.2 Å². The number of hydrogen-bond acceptors (Lipinski definition) is 4. The molecule has 1 amide bonds. The normalized spacial score (nSPS) is 10.3.